The van der Waals surface area contributed by atoms with Gasteiger partial charge in [0, 0.05) is 12.0 Å². The Labute approximate surface area is 98.4 Å². The molecule has 1 rings (SSSR count). The van der Waals surface area contributed by atoms with Crippen molar-refractivity contribution in [1.82, 2.24) is 0 Å². The van der Waals surface area contributed by atoms with E-state index in [1.54, 1.807) is 6.08 Å². The zero-order chi connectivity index (χ0) is 12.3. The Morgan fingerprint density at radius 1 is 1.56 bits per heavy atom. The maximum absolute atomic E-state index is 11.1. The summed E-state index contributed by atoms with van der Waals surface area (Å²) >= 11 is 0. The Bertz CT molecular complexity index is 324. The highest BCUT2D eigenvalue weighted by Crippen LogP contribution is 2.45. The van der Waals surface area contributed by atoms with Gasteiger partial charge in [-0.05, 0) is 24.7 Å². The molecular formula is C14H22O2. The first-order valence-corrected chi connectivity index (χ1v) is 5.82. The number of ether oxygens (including phenoxy) is 1. The van der Waals surface area contributed by atoms with E-state index in [4.69, 9.17) is 0 Å². The highest BCUT2D eigenvalue weighted by molar-refractivity contribution is 5.81. The minimum atomic E-state index is -0.276. The van der Waals surface area contributed by atoms with E-state index in [2.05, 4.69) is 38.5 Å². The molecular weight excluding hydrogens is 200 g/mol. The topological polar surface area (TPSA) is 26.3 Å². The number of allylic oxidation sites excluding steroid dienone is 3. The van der Waals surface area contributed by atoms with Crippen molar-refractivity contribution in [2.45, 2.75) is 34.1 Å². The summed E-state index contributed by atoms with van der Waals surface area (Å²) in [7, 11) is 1.41. The van der Waals surface area contributed by atoms with Crippen LogP contribution in [0, 0.1) is 17.3 Å². The van der Waals surface area contributed by atoms with E-state index in [1.165, 1.54) is 12.7 Å². The van der Waals surface area contributed by atoms with Crippen molar-refractivity contribution >= 4 is 5.97 Å². The molecule has 2 atom stereocenters. The van der Waals surface area contributed by atoms with Gasteiger partial charge in [-0.3, -0.25) is 0 Å². The van der Waals surface area contributed by atoms with Crippen LogP contribution >= 0.6 is 0 Å². The number of esters is 1. The fourth-order valence-electron chi connectivity index (χ4n) is 2.33. The first-order chi connectivity index (χ1) is 7.39. The monoisotopic (exact) mass is 222 g/mol. The molecule has 0 saturated heterocycles. The summed E-state index contributed by atoms with van der Waals surface area (Å²) < 4.78 is 4.63. The lowest BCUT2D eigenvalue weighted by Crippen LogP contribution is -2.33. The second kappa shape index (κ2) is 4.86. The normalized spacial score (nSPS) is 28.9. The average molecular weight is 222 g/mol. The number of methoxy groups -OCH3 is 1. The zero-order valence-corrected chi connectivity index (χ0v) is 10.9. The average Bonchev–Trinajstić information content (AvgIpc) is 2.23. The molecule has 0 spiro atoms. The molecule has 0 fully saturated rings. The summed E-state index contributed by atoms with van der Waals surface area (Å²) in [5.74, 6) is 0.681. The molecule has 0 aromatic carbocycles. The minimum absolute atomic E-state index is 0.198. The van der Waals surface area contributed by atoms with Crippen molar-refractivity contribution < 1.29 is 9.53 Å². The van der Waals surface area contributed by atoms with E-state index >= 15 is 0 Å². The summed E-state index contributed by atoms with van der Waals surface area (Å²) in [6.07, 6.45) is 6.93. The van der Waals surface area contributed by atoms with E-state index < -0.39 is 0 Å². The Hall–Kier alpha value is -1.05. The van der Waals surface area contributed by atoms with Gasteiger partial charge in [-0.15, -0.1) is 0 Å². The Balaban J connectivity index is 2.91. The van der Waals surface area contributed by atoms with E-state index in [9.17, 15) is 4.79 Å². The fraction of sp³-hybridized carbons (Fsp3) is 0.643. The molecule has 1 aliphatic carbocycles. The smallest absolute Gasteiger partial charge is 0.330 e. The van der Waals surface area contributed by atoms with Crippen molar-refractivity contribution in [3.05, 3.63) is 23.8 Å². The molecule has 0 aliphatic heterocycles. The molecule has 0 radical (unpaired) electrons. The van der Waals surface area contributed by atoms with Gasteiger partial charge in [-0.2, -0.15) is 0 Å². The van der Waals surface area contributed by atoms with E-state index in [0.717, 1.165) is 6.42 Å². The number of hydrogen-bond donors (Lipinski definition) is 0. The van der Waals surface area contributed by atoms with Gasteiger partial charge in [-0.1, -0.05) is 38.5 Å². The van der Waals surface area contributed by atoms with Crippen LogP contribution in [0.3, 0.4) is 0 Å². The molecule has 0 saturated carbocycles. The molecule has 0 aromatic rings. The van der Waals surface area contributed by atoms with Crippen molar-refractivity contribution in [2.75, 3.05) is 7.11 Å². The molecule has 2 nitrogen and oxygen atoms in total. The molecule has 0 amide bonds. The summed E-state index contributed by atoms with van der Waals surface area (Å²) in [6.45, 7) is 8.93. The number of rotatable bonds is 2. The van der Waals surface area contributed by atoms with Crippen LogP contribution < -0.4 is 0 Å². The number of hydrogen-bond acceptors (Lipinski definition) is 2. The Kier molecular flexibility index (Phi) is 3.95. The van der Waals surface area contributed by atoms with E-state index in [-0.39, 0.29) is 11.4 Å². The van der Waals surface area contributed by atoms with Crippen molar-refractivity contribution in [2.24, 2.45) is 17.3 Å². The van der Waals surface area contributed by atoms with Crippen LogP contribution in [0.15, 0.2) is 23.8 Å². The van der Waals surface area contributed by atoms with Crippen LogP contribution in [0.4, 0.5) is 0 Å². The third kappa shape index (κ3) is 2.55. The lowest BCUT2D eigenvalue weighted by Gasteiger charge is -2.42. The van der Waals surface area contributed by atoms with Gasteiger partial charge in [0.05, 0.1) is 7.11 Å². The predicted molar refractivity (Wildman–Crippen MR) is 66.0 cm³/mol. The van der Waals surface area contributed by atoms with Crippen LogP contribution in [0.5, 0.6) is 0 Å². The van der Waals surface area contributed by atoms with Gasteiger partial charge in [-0.25, -0.2) is 4.79 Å². The van der Waals surface area contributed by atoms with Gasteiger partial charge < -0.3 is 4.74 Å². The van der Waals surface area contributed by atoms with Crippen molar-refractivity contribution in [1.29, 1.82) is 0 Å². The minimum Gasteiger partial charge on any atom is -0.466 e. The molecule has 0 aromatic heterocycles. The van der Waals surface area contributed by atoms with Gasteiger partial charge in [0.2, 0.25) is 0 Å². The van der Waals surface area contributed by atoms with Crippen LogP contribution in [-0.4, -0.2) is 13.1 Å². The standard InChI is InChI=1S/C14H22O2/c1-10-6-7-11(2)14(3,4)12(10)8-9-13(15)16-5/h6,8-9,11-12H,7H2,1-5H3/b9-8+/t11-,12+/m0/s1. The Morgan fingerprint density at radius 3 is 2.75 bits per heavy atom. The first kappa shape index (κ1) is 13.0. The van der Waals surface area contributed by atoms with Gasteiger partial charge >= 0.3 is 5.97 Å². The molecule has 0 bridgehead atoms. The molecule has 0 unspecified atom stereocenters. The van der Waals surface area contributed by atoms with Gasteiger partial charge in [0.1, 0.15) is 0 Å². The molecule has 90 valence electrons. The van der Waals surface area contributed by atoms with E-state index in [0.29, 0.717) is 11.8 Å². The lowest BCUT2D eigenvalue weighted by molar-refractivity contribution is -0.134. The summed E-state index contributed by atoms with van der Waals surface area (Å²) in [6, 6.07) is 0. The summed E-state index contributed by atoms with van der Waals surface area (Å²) in [5, 5.41) is 0. The highest BCUT2D eigenvalue weighted by Gasteiger charge is 2.36. The van der Waals surface area contributed by atoms with Crippen molar-refractivity contribution in [3.8, 4) is 0 Å². The summed E-state index contributed by atoms with van der Waals surface area (Å²) in [5.41, 5.74) is 1.55. The SMILES string of the molecule is COC(=O)/C=C/[C@@H]1C(C)=CC[C@H](C)C1(C)C. The predicted octanol–water partition coefficient (Wildman–Crippen LogP) is 3.34. The molecule has 0 N–H and O–H groups in total. The summed E-state index contributed by atoms with van der Waals surface area (Å²) in [4.78, 5) is 11.1. The highest BCUT2D eigenvalue weighted by atomic mass is 16.5. The van der Waals surface area contributed by atoms with Crippen LogP contribution in [0.2, 0.25) is 0 Å². The molecule has 0 heterocycles. The van der Waals surface area contributed by atoms with Crippen molar-refractivity contribution in [3.63, 3.8) is 0 Å². The zero-order valence-electron chi connectivity index (χ0n) is 10.9. The molecule has 1 aliphatic rings. The second-order valence-electron chi connectivity index (χ2n) is 5.27. The molecule has 2 heteroatoms. The number of carbonyl (C=O) groups is 1. The maximum Gasteiger partial charge on any atom is 0.330 e. The second-order valence-corrected chi connectivity index (χ2v) is 5.27. The lowest BCUT2D eigenvalue weighted by atomic mass is 9.63. The van der Waals surface area contributed by atoms with Crippen LogP contribution in [-0.2, 0) is 9.53 Å². The van der Waals surface area contributed by atoms with Gasteiger partial charge in [0.25, 0.3) is 0 Å². The fourth-order valence-corrected chi connectivity index (χ4v) is 2.33. The number of carbonyl (C=O) groups excluding carboxylic acids is 1. The van der Waals surface area contributed by atoms with Gasteiger partial charge in [0.15, 0.2) is 0 Å². The van der Waals surface area contributed by atoms with E-state index in [1.807, 2.05) is 6.08 Å². The quantitative estimate of drug-likeness (QED) is 0.407. The third-order valence-electron chi connectivity index (χ3n) is 3.98. The van der Waals surface area contributed by atoms with Crippen LogP contribution in [0.1, 0.15) is 34.1 Å². The van der Waals surface area contributed by atoms with Crippen LogP contribution in [0.25, 0.3) is 0 Å². The largest absolute Gasteiger partial charge is 0.466 e. The Morgan fingerprint density at radius 2 is 2.19 bits per heavy atom. The first-order valence-electron chi connectivity index (χ1n) is 5.82. The molecule has 16 heavy (non-hydrogen) atoms. The maximum atomic E-state index is 11.1. The third-order valence-corrected chi connectivity index (χ3v) is 3.98.